The third kappa shape index (κ3) is 2.41. The molecule has 1 rings (SSSR count). The zero-order chi connectivity index (χ0) is 11.8. The smallest absolute Gasteiger partial charge is 0.398 e. The van der Waals surface area contributed by atoms with Crippen LogP contribution in [-0.2, 0) is 6.18 Å². The lowest BCUT2D eigenvalue weighted by Gasteiger charge is -2.11. The number of nitrogens with two attached hydrogens (primary N) is 2. The number of hydrogen-bond acceptors (Lipinski definition) is 2. The highest BCUT2D eigenvalue weighted by molar-refractivity contribution is 9.10. The van der Waals surface area contributed by atoms with Gasteiger partial charge in [0.05, 0.1) is 11.1 Å². The van der Waals surface area contributed by atoms with E-state index in [0.717, 1.165) is 6.07 Å². The van der Waals surface area contributed by atoms with E-state index in [-0.39, 0.29) is 15.7 Å². The van der Waals surface area contributed by atoms with E-state index >= 15 is 0 Å². The summed E-state index contributed by atoms with van der Waals surface area (Å²) >= 11 is 2.81. The van der Waals surface area contributed by atoms with Crippen LogP contribution in [-0.4, -0.2) is 5.91 Å². The molecule has 0 radical (unpaired) electrons. The molecule has 82 valence electrons. The van der Waals surface area contributed by atoms with E-state index in [1.54, 1.807) is 0 Å². The average molecular weight is 283 g/mol. The number of carbonyl (C=O) groups excluding carboxylic acids is 1. The summed E-state index contributed by atoms with van der Waals surface area (Å²) in [4.78, 5) is 10.8. The Morgan fingerprint density at radius 2 is 1.87 bits per heavy atom. The van der Waals surface area contributed by atoms with Crippen LogP contribution in [0.4, 0.5) is 18.9 Å². The van der Waals surface area contributed by atoms with Crippen molar-refractivity contribution in [2.75, 3.05) is 5.73 Å². The summed E-state index contributed by atoms with van der Waals surface area (Å²) in [6.45, 7) is 0. The van der Waals surface area contributed by atoms with E-state index in [2.05, 4.69) is 15.9 Å². The van der Waals surface area contributed by atoms with E-state index in [0.29, 0.717) is 6.07 Å². The largest absolute Gasteiger partial charge is 0.416 e. The van der Waals surface area contributed by atoms with Crippen LogP contribution in [0, 0.1) is 0 Å². The highest BCUT2D eigenvalue weighted by Crippen LogP contribution is 2.34. The Hall–Kier alpha value is -1.24. The second-order valence-corrected chi connectivity index (χ2v) is 3.64. The predicted octanol–water partition coefficient (Wildman–Crippen LogP) is 2.15. The molecule has 0 bridgehead atoms. The summed E-state index contributed by atoms with van der Waals surface area (Å²) < 4.78 is 36.8. The Labute approximate surface area is 91.4 Å². The molecular formula is C8H6BrF3N2O. The summed E-state index contributed by atoms with van der Waals surface area (Å²) in [6, 6.07) is 1.43. The van der Waals surface area contributed by atoms with Crippen molar-refractivity contribution < 1.29 is 18.0 Å². The number of alkyl halides is 3. The first kappa shape index (κ1) is 11.8. The van der Waals surface area contributed by atoms with Crippen molar-refractivity contribution >= 4 is 27.5 Å². The molecule has 7 heteroatoms. The fourth-order valence-electron chi connectivity index (χ4n) is 1.05. The Kier molecular flexibility index (Phi) is 2.94. The van der Waals surface area contributed by atoms with Gasteiger partial charge in [0, 0.05) is 10.2 Å². The third-order valence-corrected chi connectivity index (χ3v) is 2.32. The Morgan fingerprint density at radius 1 is 1.33 bits per heavy atom. The van der Waals surface area contributed by atoms with Crippen molar-refractivity contribution in [3.8, 4) is 0 Å². The molecule has 0 heterocycles. The molecule has 0 atom stereocenters. The number of primary amides is 1. The van der Waals surface area contributed by atoms with Gasteiger partial charge in [-0.3, -0.25) is 4.79 Å². The highest BCUT2D eigenvalue weighted by atomic mass is 79.9. The van der Waals surface area contributed by atoms with Crippen LogP contribution in [0.2, 0.25) is 0 Å². The van der Waals surface area contributed by atoms with Gasteiger partial charge >= 0.3 is 6.18 Å². The fraction of sp³-hybridized carbons (Fsp3) is 0.125. The monoisotopic (exact) mass is 282 g/mol. The van der Waals surface area contributed by atoms with Crippen molar-refractivity contribution in [2.45, 2.75) is 6.18 Å². The minimum atomic E-state index is -4.51. The second kappa shape index (κ2) is 3.73. The molecule has 4 N–H and O–H groups in total. The summed E-state index contributed by atoms with van der Waals surface area (Å²) in [5, 5.41) is 0. The number of rotatable bonds is 1. The maximum absolute atomic E-state index is 12.3. The summed E-state index contributed by atoms with van der Waals surface area (Å²) in [5.74, 6) is -0.881. The van der Waals surface area contributed by atoms with Crippen molar-refractivity contribution in [1.29, 1.82) is 0 Å². The zero-order valence-corrected chi connectivity index (χ0v) is 8.82. The molecule has 0 aliphatic heterocycles. The first-order valence-corrected chi connectivity index (χ1v) is 4.49. The van der Waals surface area contributed by atoms with E-state index in [4.69, 9.17) is 11.5 Å². The number of nitrogen functional groups attached to an aromatic ring is 1. The SMILES string of the molecule is NC(=O)c1c(N)cc(C(F)(F)F)cc1Br. The van der Waals surface area contributed by atoms with Crippen LogP contribution >= 0.6 is 15.9 Å². The number of anilines is 1. The number of benzene rings is 1. The average Bonchev–Trinajstić information content (AvgIpc) is 1.99. The van der Waals surface area contributed by atoms with Gasteiger partial charge in [-0.15, -0.1) is 0 Å². The lowest BCUT2D eigenvalue weighted by molar-refractivity contribution is -0.137. The highest BCUT2D eigenvalue weighted by Gasteiger charge is 2.32. The van der Waals surface area contributed by atoms with Crippen LogP contribution < -0.4 is 11.5 Å². The molecule has 0 spiro atoms. The second-order valence-electron chi connectivity index (χ2n) is 2.78. The molecule has 15 heavy (non-hydrogen) atoms. The molecule has 3 nitrogen and oxygen atoms in total. The van der Waals surface area contributed by atoms with Gasteiger partial charge in [-0.05, 0) is 28.1 Å². The van der Waals surface area contributed by atoms with E-state index < -0.39 is 17.6 Å². The van der Waals surface area contributed by atoms with Gasteiger partial charge in [0.25, 0.3) is 5.91 Å². The topological polar surface area (TPSA) is 69.1 Å². The Bertz CT molecular complexity index is 394. The number of halogens is 4. The number of amides is 1. The normalized spacial score (nSPS) is 11.5. The molecule has 0 aliphatic carbocycles. The minimum absolute atomic E-state index is 0.0673. The lowest BCUT2D eigenvalue weighted by atomic mass is 10.1. The van der Waals surface area contributed by atoms with E-state index in [1.165, 1.54) is 0 Å². The van der Waals surface area contributed by atoms with Gasteiger partial charge in [0.1, 0.15) is 0 Å². The summed E-state index contributed by atoms with van der Waals surface area (Å²) in [5.41, 5.74) is 8.85. The molecule has 0 aliphatic rings. The quantitative estimate of drug-likeness (QED) is 0.775. The maximum Gasteiger partial charge on any atom is 0.416 e. The first-order chi connectivity index (χ1) is 6.73. The van der Waals surface area contributed by atoms with Crippen molar-refractivity contribution in [3.05, 3.63) is 27.7 Å². The van der Waals surface area contributed by atoms with Crippen LogP contribution in [0.3, 0.4) is 0 Å². The van der Waals surface area contributed by atoms with E-state index in [9.17, 15) is 18.0 Å². The predicted molar refractivity (Wildman–Crippen MR) is 52.1 cm³/mol. The Morgan fingerprint density at radius 3 is 2.20 bits per heavy atom. The fourth-order valence-corrected chi connectivity index (χ4v) is 1.72. The van der Waals surface area contributed by atoms with Crippen molar-refractivity contribution in [1.82, 2.24) is 0 Å². The van der Waals surface area contributed by atoms with Crippen LogP contribution in [0.1, 0.15) is 15.9 Å². The molecule has 0 unspecified atom stereocenters. The molecule has 1 aromatic rings. The zero-order valence-electron chi connectivity index (χ0n) is 7.23. The van der Waals surface area contributed by atoms with E-state index in [1.807, 2.05) is 0 Å². The van der Waals surface area contributed by atoms with Gasteiger partial charge in [0.15, 0.2) is 0 Å². The standard InChI is InChI=1S/C8H6BrF3N2O/c9-4-1-3(8(10,11)12)2-5(13)6(4)7(14)15/h1-2H,13H2,(H2,14,15). The molecule has 1 aromatic carbocycles. The first-order valence-electron chi connectivity index (χ1n) is 3.69. The molecule has 0 fully saturated rings. The lowest BCUT2D eigenvalue weighted by Crippen LogP contribution is -2.16. The molecule has 0 saturated heterocycles. The summed E-state index contributed by atoms with van der Waals surface area (Å²) in [6.07, 6.45) is -4.51. The van der Waals surface area contributed by atoms with Gasteiger partial charge in [-0.1, -0.05) is 0 Å². The van der Waals surface area contributed by atoms with Gasteiger partial charge in [-0.25, -0.2) is 0 Å². The van der Waals surface area contributed by atoms with Gasteiger partial charge in [-0.2, -0.15) is 13.2 Å². The number of carbonyl (C=O) groups is 1. The van der Waals surface area contributed by atoms with Crippen molar-refractivity contribution in [2.24, 2.45) is 5.73 Å². The van der Waals surface area contributed by atoms with Crippen LogP contribution in [0.5, 0.6) is 0 Å². The maximum atomic E-state index is 12.3. The third-order valence-electron chi connectivity index (χ3n) is 1.69. The number of hydrogen-bond donors (Lipinski definition) is 2. The Balaban J connectivity index is 3.39. The van der Waals surface area contributed by atoms with Crippen LogP contribution in [0.15, 0.2) is 16.6 Å². The molecule has 1 amide bonds. The van der Waals surface area contributed by atoms with Crippen LogP contribution in [0.25, 0.3) is 0 Å². The molecule has 0 aromatic heterocycles. The van der Waals surface area contributed by atoms with Gasteiger partial charge < -0.3 is 11.5 Å². The van der Waals surface area contributed by atoms with Crippen molar-refractivity contribution in [3.63, 3.8) is 0 Å². The van der Waals surface area contributed by atoms with Gasteiger partial charge in [0.2, 0.25) is 0 Å². The minimum Gasteiger partial charge on any atom is -0.398 e. The summed E-state index contributed by atoms with van der Waals surface area (Å²) in [7, 11) is 0. The molecule has 0 saturated carbocycles. The molecular weight excluding hydrogens is 277 g/mol.